The van der Waals surface area contributed by atoms with Crippen LogP contribution in [0.25, 0.3) is 5.69 Å². The Kier molecular flexibility index (Phi) is 4.98. The van der Waals surface area contributed by atoms with Crippen molar-refractivity contribution >= 4 is 0 Å². The van der Waals surface area contributed by atoms with Crippen LogP contribution in [0.15, 0.2) is 41.5 Å². The van der Waals surface area contributed by atoms with Gasteiger partial charge in [-0.2, -0.15) is 0 Å². The quantitative estimate of drug-likeness (QED) is 0.913. The summed E-state index contributed by atoms with van der Waals surface area (Å²) in [4.78, 5) is 14.9. The summed E-state index contributed by atoms with van der Waals surface area (Å²) in [5, 5.41) is 3.38. The van der Waals surface area contributed by atoms with Crippen LogP contribution in [0.3, 0.4) is 0 Å². The molecule has 0 spiro atoms. The van der Waals surface area contributed by atoms with Crippen LogP contribution >= 0.6 is 0 Å². The average molecular weight is 314 g/mol. The summed E-state index contributed by atoms with van der Waals surface area (Å²) >= 11 is 0. The molecule has 0 aliphatic carbocycles. The highest BCUT2D eigenvalue weighted by atomic mass is 16.1. The molecule has 2 aromatic rings. The fourth-order valence-electron chi connectivity index (χ4n) is 3.06. The Morgan fingerprint density at radius 1 is 1.17 bits per heavy atom. The maximum Gasteiger partial charge on any atom is 0.332 e. The van der Waals surface area contributed by atoms with Gasteiger partial charge in [-0.25, -0.2) is 4.79 Å². The predicted molar refractivity (Wildman–Crippen MR) is 93.4 cm³/mol. The van der Waals surface area contributed by atoms with Crippen molar-refractivity contribution in [1.29, 1.82) is 0 Å². The van der Waals surface area contributed by atoms with E-state index in [4.69, 9.17) is 0 Å². The van der Waals surface area contributed by atoms with Gasteiger partial charge in [-0.15, -0.1) is 0 Å². The van der Waals surface area contributed by atoms with E-state index in [-0.39, 0.29) is 11.7 Å². The number of nitrogens with zero attached hydrogens (tertiary/aromatic N) is 3. The molecule has 1 N–H and O–H groups in total. The first-order valence-electron chi connectivity index (χ1n) is 8.47. The molecule has 0 radical (unpaired) electrons. The largest absolute Gasteiger partial charge is 0.332 e. The molecule has 2 heterocycles. The van der Waals surface area contributed by atoms with E-state index in [2.05, 4.69) is 22.3 Å². The second-order valence-electron chi connectivity index (χ2n) is 6.46. The zero-order valence-electron chi connectivity index (χ0n) is 14.0. The molecule has 0 unspecified atom stereocenters. The summed E-state index contributed by atoms with van der Waals surface area (Å²) in [6.45, 7) is 9.53. The molecule has 23 heavy (non-hydrogen) atoms. The van der Waals surface area contributed by atoms with E-state index >= 15 is 0 Å². The summed E-state index contributed by atoms with van der Waals surface area (Å²) in [6.07, 6.45) is 4.74. The Labute approximate surface area is 137 Å². The van der Waals surface area contributed by atoms with Crippen molar-refractivity contribution in [3.63, 3.8) is 0 Å². The van der Waals surface area contributed by atoms with Crippen molar-refractivity contribution in [2.24, 2.45) is 0 Å². The molecule has 1 aromatic heterocycles. The van der Waals surface area contributed by atoms with E-state index in [9.17, 15) is 4.79 Å². The van der Waals surface area contributed by atoms with Gasteiger partial charge in [0.15, 0.2) is 0 Å². The zero-order valence-corrected chi connectivity index (χ0v) is 14.0. The summed E-state index contributed by atoms with van der Waals surface area (Å²) in [5.74, 6) is 0. The topological polar surface area (TPSA) is 42.2 Å². The molecule has 3 rings (SSSR count). The summed E-state index contributed by atoms with van der Waals surface area (Å²) < 4.78 is 3.49. The number of rotatable bonds is 5. The Morgan fingerprint density at radius 3 is 2.65 bits per heavy atom. The number of nitrogens with one attached hydrogen (secondary N) is 1. The molecule has 0 bridgehead atoms. The van der Waals surface area contributed by atoms with Gasteiger partial charge >= 0.3 is 5.69 Å². The third kappa shape index (κ3) is 3.74. The maximum absolute atomic E-state index is 12.4. The van der Waals surface area contributed by atoms with Crippen molar-refractivity contribution in [3.05, 3.63) is 52.7 Å². The maximum atomic E-state index is 12.4. The van der Waals surface area contributed by atoms with E-state index in [1.165, 1.54) is 5.56 Å². The molecule has 0 amide bonds. The van der Waals surface area contributed by atoms with Gasteiger partial charge in [-0.05, 0) is 38.0 Å². The van der Waals surface area contributed by atoms with Crippen LogP contribution in [0.2, 0.25) is 0 Å². The highest BCUT2D eigenvalue weighted by molar-refractivity contribution is 5.36. The van der Waals surface area contributed by atoms with Gasteiger partial charge in [-0.3, -0.25) is 9.13 Å². The van der Waals surface area contributed by atoms with Crippen LogP contribution in [0.4, 0.5) is 0 Å². The van der Waals surface area contributed by atoms with Gasteiger partial charge in [0.25, 0.3) is 0 Å². The third-order valence-corrected chi connectivity index (χ3v) is 4.47. The van der Waals surface area contributed by atoms with Crippen molar-refractivity contribution in [3.8, 4) is 5.69 Å². The normalized spacial score (nSPS) is 16.1. The van der Waals surface area contributed by atoms with Crippen LogP contribution in [0, 0.1) is 0 Å². The van der Waals surface area contributed by atoms with Gasteiger partial charge in [0.2, 0.25) is 0 Å². The number of imidazole rings is 1. The number of aromatic nitrogens is 2. The van der Waals surface area contributed by atoms with Crippen LogP contribution in [-0.4, -0.2) is 46.8 Å². The van der Waals surface area contributed by atoms with Gasteiger partial charge in [0, 0.05) is 51.2 Å². The van der Waals surface area contributed by atoms with Crippen molar-refractivity contribution in [2.75, 3.05) is 32.7 Å². The van der Waals surface area contributed by atoms with E-state index in [1.54, 1.807) is 9.13 Å². The summed E-state index contributed by atoms with van der Waals surface area (Å²) in [5.41, 5.74) is 2.26. The third-order valence-electron chi connectivity index (χ3n) is 4.47. The van der Waals surface area contributed by atoms with E-state index in [1.807, 2.05) is 38.4 Å². The summed E-state index contributed by atoms with van der Waals surface area (Å²) in [7, 11) is 0. The molecular weight excluding hydrogens is 288 g/mol. The number of hydrogen-bond acceptors (Lipinski definition) is 3. The van der Waals surface area contributed by atoms with Gasteiger partial charge < -0.3 is 10.2 Å². The minimum absolute atomic E-state index is 0.0271. The lowest BCUT2D eigenvalue weighted by molar-refractivity contribution is 0.244. The van der Waals surface area contributed by atoms with E-state index < -0.39 is 0 Å². The molecule has 1 fully saturated rings. The minimum Gasteiger partial charge on any atom is -0.314 e. The van der Waals surface area contributed by atoms with Crippen molar-refractivity contribution < 1.29 is 0 Å². The lowest BCUT2D eigenvalue weighted by atomic mass is 10.1. The number of benzene rings is 1. The van der Waals surface area contributed by atoms with Crippen molar-refractivity contribution in [1.82, 2.24) is 19.4 Å². The Balaban J connectivity index is 1.73. The monoisotopic (exact) mass is 314 g/mol. The highest BCUT2D eigenvalue weighted by Gasteiger charge is 2.10. The lowest BCUT2D eigenvalue weighted by Crippen LogP contribution is -2.44. The molecular formula is C18H26N4O. The fraction of sp³-hybridized carbons (Fsp3) is 0.500. The first-order valence-corrected chi connectivity index (χ1v) is 8.47. The van der Waals surface area contributed by atoms with E-state index in [0.29, 0.717) is 0 Å². The Hall–Kier alpha value is -1.85. The number of piperazine rings is 1. The first-order chi connectivity index (χ1) is 11.1. The van der Waals surface area contributed by atoms with Crippen molar-refractivity contribution in [2.45, 2.75) is 26.3 Å². The SMILES string of the molecule is CC(C)n1ccn(-c2cccc(CCN3CCNCC3)c2)c1=O. The van der Waals surface area contributed by atoms with Gasteiger partial charge in [0.05, 0.1) is 5.69 Å². The first kappa shape index (κ1) is 16.0. The molecule has 5 nitrogen and oxygen atoms in total. The van der Waals surface area contributed by atoms with E-state index in [0.717, 1.165) is 44.8 Å². The highest BCUT2D eigenvalue weighted by Crippen LogP contribution is 2.11. The molecule has 1 saturated heterocycles. The standard InChI is InChI=1S/C18H26N4O/c1-15(2)21-12-13-22(18(21)23)17-5-3-4-16(14-17)6-9-20-10-7-19-8-11-20/h3-5,12-15,19H,6-11H2,1-2H3. The fourth-order valence-corrected chi connectivity index (χ4v) is 3.06. The summed E-state index contributed by atoms with van der Waals surface area (Å²) in [6, 6.07) is 8.51. The van der Waals surface area contributed by atoms with Crippen LogP contribution in [0.5, 0.6) is 0 Å². The zero-order chi connectivity index (χ0) is 16.2. The molecule has 1 aliphatic heterocycles. The Morgan fingerprint density at radius 2 is 1.96 bits per heavy atom. The molecule has 1 aromatic carbocycles. The molecule has 0 saturated carbocycles. The second kappa shape index (κ2) is 7.15. The predicted octanol–water partition coefficient (Wildman–Crippen LogP) is 1.67. The molecule has 1 aliphatic rings. The van der Waals surface area contributed by atoms with Gasteiger partial charge in [0.1, 0.15) is 0 Å². The van der Waals surface area contributed by atoms with Gasteiger partial charge in [-0.1, -0.05) is 12.1 Å². The average Bonchev–Trinajstić information content (AvgIpc) is 2.96. The minimum atomic E-state index is 0.0271. The van der Waals surface area contributed by atoms with Crippen LogP contribution < -0.4 is 11.0 Å². The van der Waals surface area contributed by atoms with Crippen LogP contribution in [0.1, 0.15) is 25.5 Å². The second-order valence-corrected chi connectivity index (χ2v) is 6.46. The van der Waals surface area contributed by atoms with Crippen LogP contribution in [-0.2, 0) is 6.42 Å². The molecule has 0 atom stereocenters. The smallest absolute Gasteiger partial charge is 0.314 e. The molecule has 124 valence electrons. The Bertz CT molecular complexity index is 695. The number of hydrogen-bond donors (Lipinski definition) is 1. The lowest BCUT2D eigenvalue weighted by Gasteiger charge is -2.27. The molecule has 5 heteroatoms.